The van der Waals surface area contributed by atoms with Crippen molar-refractivity contribution in [2.24, 2.45) is 5.73 Å². The summed E-state index contributed by atoms with van der Waals surface area (Å²) in [6.07, 6.45) is 0. The van der Waals surface area contributed by atoms with Crippen LogP contribution in [0.5, 0.6) is 0 Å². The van der Waals surface area contributed by atoms with Gasteiger partial charge >= 0.3 is 0 Å². The second-order valence-electron chi connectivity index (χ2n) is 7.90. The molecule has 0 bridgehead atoms. The number of carbonyl (C=O) groups is 3. The quantitative estimate of drug-likeness (QED) is 0.752. The van der Waals surface area contributed by atoms with E-state index in [9.17, 15) is 14.4 Å². The van der Waals surface area contributed by atoms with Crippen LogP contribution in [0.4, 0.5) is 5.13 Å². The number of aromatic nitrogens is 1. The number of primary amides is 1. The number of anilines is 1. The Morgan fingerprint density at radius 3 is 2.50 bits per heavy atom. The fourth-order valence-corrected chi connectivity index (χ4v) is 4.84. The summed E-state index contributed by atoms with van der Waals surface area (Å²) in [6, 6.07) is 7.19. The molecule has 158 valence electrons. The molecular weight excluding hydrogens is 426 g/mol. The zero-order valence-corrected chi connectivity index (χ0v) is 18.2. The van der Waals surface area contributed by atoms with Gasteiger partial charge in [0.05, 0.1) is 13.1 Å². The van der Waals surface area contributed by atoms with Gasteiger partial charge in [0, 0.05) is 23.0 Å². The van der Waals surface area contributed by atoms with Crippen LogP contribution < -0.4 is 10.6 Å². The first-order chi connectivity index (χ1) is 14.2. The van der Waals surface area contributed by atoms with Gasteiger partial charge in [-0.1, -0.05) is 23.7 Å². The first kappa shape index (κ1) is 20.6. The van der Waals surface area contributed by atoms with E-state index < -0.39 is 11.4 Å². The van der Waals surface area contributed by atoms with E-state index in [2.05, 4.69) is 4.98 Å². The molecule has 0 aliphatic carbocycles. The standard InChI is InChI=1S/C20H22ClN5O3S/c1-12(2)25-8-16(27)26(7-13-3-5-14(21)6-4-13)20(18(25)29)10-24(11-20)19-23-15(9-30-19)17(22)28/h3-6,9,12H,7-8,10-11H2,1-2H3,(H2,22,28). The van der Waals surface area contributed by atoms with Gasteiger partial charge < -0.3 is 20.4 Å². The van der Waals surface area contributed by atoms with Gasteiger partial charge in [0.15, 0.2) is 10.7 Å². The molecule has 8 nitrogen and oxygen atoms in total. The van der Waals surface area contributed by atoms with E-state index in [-0.39, 0.29) is 30.1 Å². The Balaban J connectivity index is 1.63. The van der Waals surface area contributed by atoms with Crippen molar-refractivity contribution >= 4 is 45.8 Å². The molecule has 3 amide bonds. The fraction of sp³-hybridized carbons (Fsp3) is 0.400. The SMILES string of the molecule is CC(C)N1CC(=O)N(Cc2ccc(Cl)cc2)C2(CN(c3nc(C(N)=O)cs3)C2)C1=O. The highest BCUT2D eigenvalue weighted by Crippen LogP contribution is 2.39. The number of carbonyl (C=O) groups excluding carboxylic acids is 3. The summed E-state index contributed by atoms with van der Waals surface area (Å²) in [6.45, 7) is 4.84. The van der Waals surface area contributed by atoms with Crippen LogP contribution in [0.1, 0.15) is 29.9 Å². The Kier molecular flexibility index (Phi) is 5.19. The van der Waals surface area contributed by atoms with Crippen LogP contribution in [0.2, 0.25) is 5.02 Å². The van der Waals surface area contributed by atoms with Crippen molar-refractivity contribution in [3.63, 3.8) is 0 Å². The van der Waals surface area contributed by atoms with Crippen LogP contribution in [0.3, 0.4) is 0 Å². The summed E-state index contributed by atoms with van der Waals surface area (Å²) >= 11 is 7.28. The van der Waals surface area contributed by atoms with Gasteiger partial charge in [-0.3, -0.25) is 14.4 Å². The van der Waals surface area contributed by atoms with Gasteiger partial charge in [-0.2, -0.15) is 0 Å². The van der Waals surface area contributed by atoms with Crippen LogP contribution >= 0.6 is 22.9 Å². The second-order valence-corrected chi connectivity index (χ2v) is 9.17. The molecule has 0 saturated carbocycles. The number of hydrogen-bond acceptors (Lipinski definition) is 6. The predicted molar refractivity (Wildman–Crippen MR) is 114 cm³/mol. The second kappa shape index (κ2) is 7.55. The van der Waals surface area contributed by atoms with Crippen LogP contribution in [-0.2, 0) is 16.1 Å². The number of amides is 3. The Morgan fingerprint density at radius 1 is 1.27 bits per heavy atom. The van der Waals surface area contributed by atoms with Crippen molar-refractivity contribution in [2.45, 2.75) is 32.0 Å². The molecule has 2 fully saturated rings. The summed E-state index contributed by atoms with van der Waals surface area (Å²) in [5.41, 5.74) is 5.44. The zero-order valence-electron chi connectivity index (χ0n) is 16.7. The van der Waals surface area contributed by atoms with Crippen LogP contribution in [0.25, 0.3) is 0 Å². The van der Waals surface area contributed by atoms with E-state index in [1.165, 1.54) is 11.3 Å². The maximum atomic E-state index is 13.5. The maximum absolute atomic E-state index is 13.5. The first-order valence-electron chi connectivity index (χ1n) is 9.57. The average Bonchev–Trinajstić information content (AvgIpc) is 3.14. The summed E-state index contributed by atoms with van der Waals surface area (Å²) < 4.78 is 0. The third-order valence-electron chi connectivity index (χ3n) is 5.58. The summed E-state index contributed by atoms with van der Waals surface area (Å²) in [5, 5.41) is 2.83. The molecule has 2 N–H and O–H groups in total. The Bertz CT molecular complexity index is 1000. The molecule has 4 rings (SSSR count). The van der Waals surface area contributed by atoms with Gasteiger partial charge in [-0.25, -0.2) is 4.98 Å². The van der Waals surface area contributed by atoms with E-state index in [1.807, 2.05) is 30.9 Å². The van der Waals surface area contributed by atoms with Gasteiger partial charge in [0.2, 0.25) is 5.91 Å². The topological polar surface area (TPSA) is 99.8 Å². The number of nitrogens with zero attached hydrogens (tertiary/aromatic N) is 4. The Labute approximate surface area is 183 Å². The molecule has 2 aliphatic heterocycles. The lowest BCUT2D eigenvalue weighted by atomic mass is 9.83. The van der Waals surface area contributed by atoms with E-state index in [1.54, 1.807) is 27.3 Å². The van der Waals surface area contributed by atoms with Crippen molar-refractivity contribution < 1.29 is 14.4 Å². The van der Waals surface area contributed by atoms with Gasteiger partial charge in [-0.05, 0) is 31.5 Å². The van der Waals surface area contributed by atoms with E-state index in [4.69, 9.17) is 17.3 Å². The van der Waals surface area contributed by atoms with Crippen LogP contribution in [-0.4, -0.2) is 63.7 Å². The summed E-state index contributed by atoms with van der Waals surface area (Å²) in [4.78, 5) is 47.4. The molecule has 0 atom stereocenters. The maximum Gasteiger partial charge on any atom is 0.268 e. The minimum atomic E-state index is -0.961. The molecule has 0 radical (unpaired) electrons. The van der Waals surface area contributed by atoms with Crippen molar-refractivity contribution in [1.29, 1.82) is 0 Å². The molecule has 0 unspecified atom stereocenters. The Hall–Kier alpha value is -2.65. The molecule has 3 heterocycles. The molecule has 1 aromatic carbocycles. The van der Waals surface area contributed by atoms with E-state index in [0.717, 1.165) is 5.56 Å². The third kappa shape index (κ3) is 3.41. The number of nitrogens with two attached hydrogens (primary N) is 1. The van der Waals surface area contributed by atoms with E-state index >= 15 is 0 Å². The molecule has 1 spiro atoms. The summed E-state index contributed by atoms with van der Waals surface area (Å²) in [5.74, 6) is -0.740. The van der Waals surface area contributed by atoms with Gasteiger partial charge in [0.25, 0.3) is 11.8 Å². The molecular formula is C20H22ClN5O3S. The number of thiazole rings is 1. The first-order valence-corrected chi connectivity index (χ1v) is 10.8. The monoisotopic (exact) mass is 447 g/mol. The molecule has 2 aliphatic rings. The number of hydrogen-bond donors (Lipinski definition) is 1. The van der Waals surface area contributed by atoms with Crippen molar-refractivity contribution in [2.75, 3.05) is 24.5 Å². The Morgan fingerprint density at radius 2 is 1.93 bits per heavy atom. The average molecular weight is 448 g/mol. The number of benzene rings is 1. The molecule has 30 heavy (non-hydrogen) atoms. The predicted octanol–water partition coefficient (Wildman–Crippen LogP) is 1.73. The highest BCUT2D eigenvalue weighted by atomic mass is 35.5. The zero-order chi connectivity index (χ0) is 21.6. The third-order valence-corrected chi connectivity index (χ3v) is 6.73. The highest BCUT2D eigenvalue weighted by Gasteiger charge is 2.60. The van der Waals surface area contributed by atoms with Crippen molar-refractivity contribution in [3.05, 3.63) is 45.9 Å². The van der Waals surface area contributed by atoms with Crippen molar-refractivity contribution in [1.82, 2.24) is 14.8 Å². The number of piperazine rings is 1. The van der Waals surface area contributed by atoms with Crippen LogP contribution in [0.15, 0.2) is 29.6 Å². The van der Waals surface area contributed by atoms with E-state index in [0.29, 0.717) is 29.8 Å². The van der Waals surface area contributed by atoms with Crippen molar-refractivity contribution in [3.8, 4) is 0 Å². The smallest absolute Gasteiger partial charge is 0.268 e. The lowest BCUT2D eigenvalue weighted by Crippen LogP contribution is -2.81. The molecule has 1 aromatic heterocycles. The molecule has 2 aromatic rings. The lowest BCUT2D eigenvalue weighted by Gasteiger charge is -2.58. The lowest BCUT2D eigenvalue weighted by molar-refractivity contribution is -0.170. The minimum Gasteiger partial charge on any atom is -0.364 e. The fourth-order valence-electron chi connectivity index (χ4n) is 3.90. The number of rotatable bonds is 5. The number of halogens is 1. The normalized spacial score (nSPS) is 18.3. The van der Waals surface area contributed by atoms with Gasteiger partial charge in [-0.15, -0.1) is 11.3 Å². The molecule has 10 heteroatoms. The molecule has 2 saturated heterocycles. The summed E-state index contributed by atoms with van der Waals surface area (Å²) in [7, 11) is 0. The van der Waals surface area contributed by atoms with Gasteiger partial charge in [0.1, 0.15) is 12.2 Å². The van der Waals surface area contributed by atoms with Crippen LogP contribution in [0, 0.1) is 0 Å². The largest absolute Gasteiger partial charge is 0.364 e. The minimum absolute atomic E-state index is 0.0611. The highest BCUT2D eigenvalue weighted by molar-refractivity contribution is 7.14.